The number of carbonyl (C=O) groups is 1. The Balaban J connectivity index is 1.46. The van der Waals surface area contributed by atoms with Gasteiger partial charge in [0.2, 0.25) is 0 Å². The quantitative estimate of drug-likeness (QED) is 0.282. The first-order chi connectivity index (χ1) is 18.7. The Bertz CT molecular complexity index is 1550. The van der Waals surface area contributed by atoms with Crippen LogP contribution in [0.4, 0.5) is 5.69 Å². The number of nitrogens with one attached hydrogen (secondary N) is 3. The second-order valence-electron chi connectivity index (χ2n) is 8.93. The molecule has 2 aliphatic heterocycles. The summed E-state index contributed by atoms with van der Waals surface area (Å²) < 4.78 is 33.9. The number of rotatable bonds is 8. The molecule has 3 aromatic carbocycles. The van der Waals surface area contributed by atoms with Crippen molar-refractivity contribution < 1.29 is 18.3 Å². The summed E-state index contributed by atoms with van der Waals surface area (Å²) in [7, 11) is -4.10. The maximum absolute atomic E-state index is 13.6. The Hall–Kier alpha value is -3.70. The minimum Gasteiger partial charge on any atom is -0.378 e. The molecule has 0 saturated heterocycles. The van der Waals surface area contributed by atoms with Crippen LogP contribution in [0.1, 0.15) is 28.4 Å². The summed E-state index contributed by atoms with van der Waals surface area (Å²) in [6, 6.07) is 21.6. The van der Waals surface area contributed by atoms with E-state index in [4.69, 9.17) is 11.6 Å². The number of amides is 1. The maximum Gasteiger partial charge on any atom is 0.264 e. The van der Waals surface area contributed by atoms with Gasteiger partial charge in [-0.15, -0.1) is 0 Å². The summed E-state index contributed by atoms with van der Waals surface area (Å²) in [5, 5.41) is 15.1. The van der Waals surface area contributed by atoms with Crippen LogP contribution in [-0.4, -0.2) is 29.8 Å². The zero-order chi connectivity index (χ0) is 27.6. The van der Waals surface area contributed by atoms with Crippen LogP contribution in [0.5, 0.6) is 0 Å². The lowest BCUT2D eigenvalue weighted by Crippen LogP contribution is -2.49. The van der Waals surface area contributed by atoms with Gasteiger partial charge in [0.05, 0.1) is 35.1 Å². The van der Waals surface area contributed by atoms with Crippen LogP contribution in [0.3, 0.4) is 0 Å². The van der Waals surface area contributed by atoms with Gasteiger partial charge in [-0.1, -0.05) is 72.3 Å². The topological polar surface area (TPSA) is 111 Å². The molecule has 11 heteroatoms. The Morgan fingerprint density at radius 3 is 2.33 bits per heavy atom. The van der Waals surface area contributed by atoms with E-state index < -0.39 is 27.6 Å². The molecular weight excluding hydrogens is 556 g/mol. The standard InChI is InChI=1S/C28H25ClN4O4S2/c1-19(28(35,20-9-4-2-5-10-20)21-11-6-3-7-12-21)31-27(34)23-15-14-22(29)17-24(23)32-39(36,37)26-13-8-16-33-25(26)18-30-38-33/h2-19,30,32,35H,1H3,(H,31,34)/t19-/m1/s1. The van der Waals surface area contributed by atoms with Crippen LogP contribution in [-0.2, 0) is 15.6 Å². The molecule has 5 rings (SSSR count). The van der Waals surface area contributed by atoms with Crippen molar-refractivity contribution in [1.82, 2.24) is 14.3 Å². The van der Waals surface area contributed by atoms with Gasteiger partial charge < -0.3 is 15.1 Å². The molecule has 0 fully saturated rings. The van der Waals surface area contributed by atoms with Gasteiger partial charge in [-0.3, -0.25) is 13.8 Å². The van der Waals surface area contributed by atoms with E-state index in [0.29, 0.717) is 16.8 Å². The summed E-state index contributed by atoms with van der Waals surface area (Å²) in [4.78, 5) is 13.6. The number of sulfonamides is 1. The van der Waals surface area contributed by atoms with E-state index in [2.05, 4.69) is 14.8 Å². The molecule has 0 radical (unpaired) electrons. The molecular formula is C28H25ClN4O4S2. The molecule has 1 atom stereocenters. The number of nitrogens with zero attached hydrogens (tertiary/aromatic N) is 1. The van der Waals surface area contributed by atoms with Crippen LogP contribution >= 0.6 is 23.7 Å². The fraction of sp³-hybridized carbons (Fsp3) is 0.107. The van der Waals surface area contributed by atoms with Crippen molar-refractivity contribution in [3.8, 4) is 0 Å². The monoisotopic (exact) mass is 580 g/mol. The number of anilines is 1. The van der Waals surface area contributed by atoms with Gasteiger partial charge in [-0.25, -0.2) is 8.42 Å². The zero-order valence-electron chi connectivity index (χ0n) is 20.7. The lowest BCUT2D eigenvalue weighted by molar-refractivity contribution is 0.0405. The number of hydrogen-bond acceptors (Lipinski definition) is 7. The van der Waals surface area contributed by atoms with Crippen LogP contribution in [0.2, 0.25) is 5.02 Å². The fourth-order valence-electron chi connectivity index (χ4n) is 4.49. The fourth-order valence-corrected chi connectivity index (χ4v) is 6.64. The maximum atomic E-state index is 13.6. The number of aliphatic hydroxyl groups is 1. The van der Waals surface area contributed by atoms with Crippen LogP contribution in [0.25, 0.3) is 0 Å². The number of halogens is 1. The van der Waals surface area contributed by atoms with E-state index in [1.54, 1.807) is 54.0 Å². The largest absolute Gasteiger partial charge is 0.378 e. The smallest absolute Gasteiger partial charge is 0.264 e. The molecule has 0 aromatic heterocycles. The summed E-state index contributed by atoms with van der Waals surface area (Å²) in [5.74, 6) is -0.585. The average molecular weight is 581 g/mol. The minimum absolute atomic E-state index is 0.0105. The highest BCUT2D eigenvalue weighted by molar-refractivity contribution is 7.97. The van der Waals surface area contributed by atoms with E-state index in [-0.39, 0.29) is 21.2 Å². The molecule has 39 heavy (non-hydrogen) atoms. The number of fused-ring (bicyclic) bond motifs is 1. The first kappa shape index (κ1) is 26.9. The molecule has 0 spiro atoms. The van der Waals surface area contributed by atoms with Crippen LogP contribution < -0.4 is 14.8 Å². The molecule has 200 valence electrons. The molecule has 8 nitrogen and oxygen atoms in total. The lowest BCUT2D eigenvalue weighted by Gasteiger charge is -2.36. The zero-order valence-corrected chi connectivity index (χ0v) is 23.1. The van der Waals surface area contributed by atoms with Gasteiger partial charge in [-0.2, -0.15) is 0 Å². The van der Waals surface area contributed by atoms with Gasteiger partial charge in [-0.05, 0) is 48.4 Å². The number of benzene rings is 3. The highest BCUT2D eigenvalue weighted by Crippen LogP contribution is 2.36. The highest BCUT2D eigenvalue weighted by atomic mass is 35.5. The van der Waals surface area contributed by atoms with Crippen LogP contribution in [0, 0.1) is 0 Å². The Kier molecular flexibility index (Phi) is 7.46. The van der Waals surface area contributed by atoms with Crippen molar-refractivity contribution in [3.05, 3.63) is 136 Å². The molecule has 0 saturated carbocycles. The average Bonchev–Trinajstić information content (AvgIpc) is 3.42. The summed E-state index contributed by atoms with van der Waals surface area (Å²) in [6.45, 7) is 1.70. The Morgan fingerprint density at radius 1 is 1.05 bits per heavy atom. The third-order valence-corrected chi connectivity index (χ3v) is 8.85. The van der Waals surface area contributed by atoms with Gasteiger partial charge in [0, 0.05) is 17.4 Å². The Morgan fingerprint density at radius 2 is 1.69 bits per heavy atom. The molecule has 1 amide bonds. The van der Waals surface area contributed by atoms with Crippen molar-refractivity contribution >= 4 is 45.4 Å². The van der Waals surface area contributed by atoms with Crippen molar-refractivity contribution in [2.24, 2.45) is 0 Å². The summed E-state index contributed by atoms with van der Waals surface area (Å²) in [6.07, 6.45) is 6.41. The van der Waals surface area contributed by atoms with Crippen molar-refractivity contribution in [2.45, 2.75) is 18.6 Å². The normalized spacial score (nSPS) is 15.5. The van der Waals surface area contributed by atoms with Gasteiger partial charge in [0.1, 0.15) is 10.5 Å². The molecule has 4 N–H and O–H groups in total. The molecule has 0 unspecified atom stereocenters. The van der Waals surface area contributed by atoms with E-state index in [9.17, 15) is 18.3 Å². The summed E-state index contributed by atoms with van der Waals surface area (Å²) in [5.41, 5.74) is 0.143. The predicted molar refractivity (Wildman–Crippen MR) is 155 cm³/mol. The third-order valence-electron chi connectivity index (χ3n) is 6.47. The van der Waals surface area contributed by atoms with Gasteiger partial charge in [0.15, 0.2) is 0 Å². The lowest BCUT2D eigenvalue weighted by atomic mass is 9.80. The first-order valence-electron chi connectivity index (χ1n) is 12.0. The number of allylic oxidation sites excluding steroid dienone is 2. The van der Waals surface area contributed by atoms with Crippen molar-refractivity contribution in [3.63, 3.8) is 0 Å². The predicted octanol–water partition coefficient (Wildman–Crippen LogP) is 4.86. The molecule has 2 heterocycles. The number of hydrogen-bond donors (Lipinski definition) is 4. The van der Waals surface area contributed by atoms with E-state index >= 15 is 0 Å². The SMILES string of the molecule is C[C@@H](NC(=O)c1ccc(Cl)cc1NS(=O)(=O)C1=CC=CN2SNC=C12)C(O)(c1ccccc1)c1ccccc1. The minimum atomic E-state index is -4.10. The van der Waals surface area contributed by atoms with Gasteiger partial charge >= 0.3 is 0 Å². The molecule has 0 aliphatic carbocycles. The van der Waals surface area contributed by atoms with E-state index in [1.165, 1.54) is 36.4 Å². The highest BCUT2D eigenvalue weighted by Gasteiger charge is 2.39. The summed E-state index contributed by atoms with van der Waals surface area (Å²) >= 11 is 7.43. The third kappa shape index (κ3) is 5.28. The second-order valence-corrected chi connectivity index (χ2v) is 11.8. The van der Waals surface area contributed by atoms with Crippen molar-refractivity contribution in [1.29, 1.82) is 0 Å². The van der Waals surface area contributed by atoms with Gasteiger partial charge in [0.25, 0.3) is 15.9 Å². The molecule has 2 aliphatic rings. The van der Waals surface area contributed by atoms with E-state index in [0.717, 1.165) is 0 Å². The van der Waals surface area contributed by atoms with Crippen LogP contribution in [0.15, 0.2) is 114 Å². The van der Waals surface area contributed by atoms with Crippen molar-refractivity contribution in [2.75, 3.05) is 4.72 Å². The first-order valence-corrected chi connectivity index (χ1v) is 14.6. The number of carbonyl (C=O) groups excluding carboxylic acids is 1. The Labute approximate surface area is 236 Å². The molecule has 0 bridgehead atoms. The molecule has 3 aromatic rings. The second kappa shape index (κ2) is 10.8. The van der Waals surface area contributed by atoms with E-state index in [1.807, 2.05) is 36.4 Å².